The van der Waals surface area contributed by atoms with Gasteiger partial charge in [0.25, 0.3) is 0 Å². The Hall–Kier alpha value is -1.88. The second-order valence-electron chi connectivity index (χ2n) is 3.96. The van der Waals surface area contributed by atoms with Crippen LogP contribution >= 0.6 is 15.9 Å². The number of carbonyl (C=O) groups is 1. The zero-order valence-corrected chi connectivity index (χ0v) is 11.6. The molecule has 19 heavy (non-hydrogen) atoms. The highest BCUT2D eigenvalue weighted by molar-refractivity contribution is 9.10. The molecule has 2 rings (SSSR count). The molecule has 0 unspecified atom stereocenters. The molecule has 98 valence electrons. The first kappa shape index (κ1) is 13.5. The Morgan fingerprint density at radius 1 is 1.21 bits per heavy atom. The number of hydrogen-bond acceptors (Lipinski definition) is 2. The Kier molecular flexibility index (Phi) is 3.85. The monoisotopic (exact) mass is 324 g/mol. The van der Waals surface area contributed by atoms with Crippen LogP contribution in [0, 0.1) is 12.7 Å². The van der Waals surface area contributed by atoms with Crippen molar-refractivity contribution in [2.24, 2.45) is 0 Å². The molecule has 0 heterocycles. The van der Waals surface area contributed by atoms with Gasteiger partial charge in [0.2, 0.25) is 0 Å². The van der Waals surface area contributed by atoms with Gasteiger partial charge in [-0.25, -0.2) is 9.18 Å². The SMILES string of the molecule is Cc1cc(Br)ccc1Oc1ccc(F)cc1C(=O)O. The number of hydrogen-bond donors (Lipinski definition) is 1. The maximum absolute atomic E-state index is 13.1. The van der Waals surface area contributed by atoms with Crippen LogP contribution in [-0.4, -0.2) is 11.1 Å². The summed E-state index contributed by atoms with van der Waals surface area (Å²) in [6.45, 7) is 1.84. The van der Waals surface area contributed by atoms with E-state index in [0.29, 0.717) is 5.75 Å². The molecule has 3 nitrogen and oxygen atoms in total. The third-order valence-electron chi connectivity index (χ3n) is 2.53. The highest BCUT2D eigenvalue weighted by atomic mass is 79.9. The lowest BCUT2D eigenvalue weighted by atomic mass is 10.2. The molecule has 0 aromatic heterocycles. The van der Waals surface area contributed by atoms with Gasteiger partial charge in [0, 0.05) is 4.47 Å². The lowest BCUT2D eigenvalue weighted by Gasteiger charge is -2.11. The Morgan fingerprint density at radius 2 is 1.89 bits per heavy atom. The van der Waals surface area contributed by atoms with Crippen LogP contribution in [0.2, 0.25) is 0 Å². The summed E-state index contributed by atoms with van der Waals surface area (Å²) < 4.78 is 19.5. The first-order valence-corrected chi connectivity index (χ1v) is 6.23. The smallest absolute Gasteiger partial charge is 0.339 e. The number of benzene rings is 2. The lowest BCUT2D eigenvalue weighted by Crippen LogP contribution is -2.01. The van der Waals surface area contributed by atoms with E-state index >= 15 is 0 Å². The quantitative estimate of drug-likeness (QED) is 0.910. The molecule has 0 radical (unpaired) electrons. The fourth-order valence-corrected chi connectivity index (χ4v) is 2.08. The van der Waals surface area contributed by atoms with Crippen molar-refractivity contribution in [3.8, 4) is 11.5 Å². The molecular formula is C14H10BrFO3. The molecule has 0 atom stereocenters. The fraction of sp³-hybridized carbons (Fsp3) is 0.0714. The predicted molar refractivity (Wildman–Crippen MR) is 72.3 cm³/mol. The van der Waals surface area contributed by atoms with Gasteiger partial charge in [-0.15, -0.1) is 0 Å². The van der Waals surface area contributed by atoms with Crippen LogP contribution in [0.15, 0.2) is 40.9 Å². The molecule has 0 fully saturated rings. The normalized spacial score (nSPS) is 10.3. The van der Waals surface area contributed by atoms with Crippen LogP contribution in [0.4, 0.5) is 4.39 Å². The van der Waals surface area contributed by atoms with Gasteiger partial charge in [-0.1, -0.05) is 15.9 Å². The number of carboxylic acid groups (broad SMARTS) is 1. The van der Waals surface area contributed by atoms with Gasteiger partial charge in [0.15, 0.2) is 0 Å². The average molecular weight is 325 g/mol. The van der Waals surface area contributed by atoms with Crippen molar-refractivity contribution in [1.82, 2.24) is 0 Å². The van der Waals surface area contributed by atoms with Crippen LogP contribution in [0.1, 0.15) is 15.9 Å². The van der Waals surface area contributed by atoms with Crippen molar-refractivity contribution in [2.75, 3.05) is 0 Å². The number of aryl methyl sites for hydroxylation is 1. The topological polar surface area (TPSA) is 46.5 Å². The summed E-state index contributed by atoms with van der Waals surface area (Å²) in [6, 6.07) is 8.75. The molecule has 0 aliphatic carbocycles. The lowest BCUT2D eigenvalue weighted by molar-refractivity contribution is 0.0693. The molecule has 0 bridgehead atoms. The van der Waals surface area contributed by atoms with Crippen molar-refractivity contribution in [2.45, 2.75) is 6.92 Å². The molecule has 0 aliphatic heterocycles. The van der Waals surface area contributed by atoms with Gasteiger partial charge in [-0.05, 0) is 48.9 Å². The first-order chi connectivity index (χ1) is 8.97. The first-order valence-electron chi connectivity index (χ1n) is 5.44. The third-order valence-corrected chi connectivity index (χ3v) is 3.02. The van der Waals surface area contributed by atoms with Crippen molar-refractivity contribution in [3.63, 3.8) is 0 Å². The zero-order chi connectivity index (χ0) is 14.0. The molecule has 0 spiro atoms. The Balaban J connectivity index is 2.40. The van der Waals surface area contributed by atoms with Crippen molar-refractivity contribution < 1.29 is 19.0 Å². The number of ether oxygens (including phenoxy) is 1. The van der Waals surface area contributed by atoms with E-state index in [2.05, 4.69) is 15.9 Å². The highest BCUT2D eigenvalue weighted by Crippen LogP contribution is 2.30. The van der Waals surface area contributed by atoms with Crippen LogP contribution in [0.5, 0.6) is 11.5 Å². The van der Waals surface area contributed by atoms with Crippen molar-refractivity contribution in [3.05, 3.63) is 57.8 Å². The van der Waals surface area contributed by atoms with E-state index in [0.717, 1.165) is 22.2 Å². The van der Waals surface area contributed by atoms with E-state index in [1.54, 1.807) is 12.1 Å². The minimum atomic E-state index is -1.23. The highest BCUT2D eigenvalue weighted by Gasteiger charge is 2.14. The Bertz CT molecular complexity index is 641. The fourth-order valence-electron chi connectivity index (χ4n) is 1.60. The van der Waals surface area contributed by atoms with E-state index < -0.39 is 11.8 Å². The zero-order valence-electron chi connectivity index (χ0n) is 9.98. The summed E-state index contributed by atoms with van der Waals surface area (Å²) in [5.41, 5.74) is 0.636. The Morgan fingerprint density at radius 3 is 2.53 bits per heavy atom. The summed E-state index contributed by atoms with van der Waals surface area (Å²) in [5.74, 6) is -1.21. The minimum absolute atomic E-state index is 0.110. The van der Waals surface area contributed by atoms with Gasteiger partial charge in [-0.2, -0.15) is 0 Å². The average Bonchev–Trinajstić information content (AvgIpc) is 2.34. The molecule has 0 saturated carbocycles. The standard InChI is InChI=1S/C14H10BrFO3/c1-8-6-9(15)2-4-12(8)19-13-5-3-10(16)7-11(13)14(17)18/h2-7H,1H3,(H,17,18). The summed E-state index contributed by atoms with van der Waals surface area (Å²) in [7, 11) is 0. The maximum Gasteiger partial charge on any atom is 0.339 e. The molecule has 2 aromatic rings. The number of halogens is 2. The van der Waals surface area contributed by atoms with E-state index in [4.69, 9.17) is 9.84 Å². The molecule has 0 aliphatic rings. The summed E-state index contributed by atoms with van der Waals surface area (Å²) in [6.07, 6.45) is 0. The third kappa shape index (κ3) is 3.12. The molecule has 5 heteroatoms. The van der Waals surface area contributed by atoms with Gasteiger partial charge in [0.05, 0.1) is 0 Å². The van der Waals surface area contributed by atoms with Crippen LogP contribution in [-0.2, 0) is 0 Å². The van der Waals surface area contributed by atoms with Gasteiger partial charge < -0.3 is 9.84 Å². The molecule has 2 aromatic carbocycles. The van der Waals surface area contributed by atoms with E-state index in [-0.39, 0.29) is 11.3 Å². The summed E-state index contributed by atoms with van der Waals surface area (Å²) in [5, 5.41) is 9.03. The molecule has 1 N–H and O–H groups in total. The van der Waals surface area contributed by atoms with Crippen molar-refractivity contribution >= 4 is 21.9 Å². The van der Waals surface area contributed by atoms with E-state index in [1.165, 1.54) is 6.07 Å². The van der Waals surface area contributed by atoms with E-state index in [1.807, 2.05) is 13.0 Å². The number of carboxylic acids is 1. The number of rotatable bonds is 3. The van der Waals surface area contributed by atoms with Gasteiger partial charge in [0.1, 0.15) is 22.9 Å². The summed E-state index contributed by atoms with van der Waals surface area (Å²) in [4.78, 5) is 11.0. The van der Waals surface area contributed by atoms with Gasteiger partial charge >= 0.3 is 5.97 Å². The van der Waals surface area contributed by atoms with Crippen LogP contribution in [0.3, 0.4) is 0 Å². The molecule has 0 amide bonds. The molecular weight excluding hydrogens is 315 g/mol. The number of aromatic carboxylic acids is 1. The van der Waals surface area contributed by atoms with Gasteiger partial charge in [-0.3, -0.25) is 0 Å². The van der Waals surface area contributed by atoms with Crippen LogP contribution in [0.25, 0.3) is 0 Å². The van der Waals surface area contributed by atoms with Crippen LogP contribution < -0.4 is 4.74 Å². The maximum atomic E-state index is 13.1. The Labute approximate surface area is 117 Å². The molecule has 0 saturated heterocycles. The summed E-state index contributed by atoms with van der Waals surface area (Å²) >= 11 is 3.33. The van der Waals surface area contributed by atoms with Crippen molar-refractivity contribution in [1.29, 1.82) is 0 Å². The van der Waals surface area contributed by atoms with E-state index in [9.17, 15) is 9.18 Å². The second-order valence-corrected chi connectivity index (χ2v) is 4.87. The minimum Gasteiger partial charge on any atom is -0.478 e. The second kappa shape index (κ2) is 5.40. The largest absolute Gasteiger partial charge is 0.478 e. The predicted octanol–water partition coefficient (Wildman–Crippen LogP) is 4.39.